The maximum absolute atomic E-state index is 9.95. The Morgan fingerprint density at radius 2 is 1.76 bits per heavy atom. The molecule has 1 aromatic carbocycles. The van der Waals surface area contributed by atoms with E-state index >= 15 is 0 Å². The largest absolute Gasteiger partial charge is 0.385 e. The molecule has 1 heterocycles. The van der Waals surface area contributed by atoms with Crippen LogP contribution in [0.3, 0.4) is 0 Å². The van der Waals surface area contributed by atoms with Crippen LogP contribution < -0.4 is 0 Å². The van der Waals surface area contributed by atoms with Crippen molar-refractivity contribution in [1.29, 1.82) is 0 Å². The summed E-state index contributed by atoms with van der Waals surface area (Å²) in [7, 11) is 0. The minimum Gasteiger partial charge on any atom is -0.385 e. The van der Waals surface area contributed by atoms with Crippen molar-refractivity contribution in [3.8, 4) is 0 Å². The highest BCUT2D eigenvalue weighted by Gasteiger charge is 2.10. The van der Waals surface area contributed by atoms with Crippen molar-refractivity contribution in [2.75, 3.05) is 0 Å². The molecule has 1 unspecified atom stereocenters. The summed E-state index contributed by atoms with van der Waals surface area (Å²) in [6, 6.07) is 10.1. The Bertz CT molecular complexity index is 453. The highest BCUT2D eigenvalue weighted by Crippen LogP contribution is 2.15. The zero-order valence-corrected chi connectivity index (χ0v) is 9.87. The molecule has 0 spiro atoms. The van der Waals surface area contributed by atoms with Crippen LogP contribution in [0.25, 0.3) is 0 Å². The molecule has 1 aromatic heterocycles. The molecule has 0 radical (unpaired) electrons. The van der Waals surface area contributed by atoms with Crippen LogP contribution in [-0.4, -0.2) is 15.1 Å². The molecular weight excluding hydrogens is 212 g/mol. The molecule has 3 heteroatoms. The molecule has 0 aliphatic carbocycles. The van der Waals surface area contributed by atoms with Gasteiger partial charge < -0.3 is 5.11 Å². The third kappa shape index (κ3) is 3.36. The van der Waals surface area contributed by atoms with Crippen LogP contribution >= 0.6 is 0 Å². The zero-order valence-electron chi connectivity index (χ0n) is 9.87. The fourth-order valence-corrected chi connectivity index (χ4v) is 1.65. The van der Waals surface area contributed by atoms with Crippen LogP contribution in [0.5, 0.6) is 0 Å². The lowest BCUT2D eigenvalue weighted by Gasteiger charge is -2.09. The Morgan fingerprint density at radius 3 is 2.41 bits per heavy atom. The number of rotatable bonds is 4. The van der Waals surface area contributed by atoms with E-state index < -0.39 is 6.10 Å². The van der Waals surface area contributed by atoms with Gasteiger partial charge in [-0.25, -0.2) is 9.97 Å². The summed E-state index contributed by atoms with van der Waals surface area (Å²) in [5, 5.41) is 9.95. The third-order valence-corrected chi connectivity index (χ3v) is 2.65. The van der Waals surface area contributed by atoms with Gasteiger partial charge in [0.25, 0.3) is 0 Å². The van der Waals surface area contributed by atoms with Crippen LogP contribution in [0, 0.1) is 6.92 Å². The average molecular weight is 228 g/mol. The van der Waals surface area contributed by atoms with Gasteiger partial charge in [-0.1, -0.05) is 30.3 Å². The smallest absolute Gasteiger partial charge is 0.156 e. The van der Waals surface area contributed by atoms with Gasteiger partial charge in [-0.15, -0.1) is 0 Å². The highest BCUT2D eigenvalue weighted by atomic mass is 16.3. The second kappa shape index (κ2) is 5.55. The lowest BCUT2D eigenvalue weighted by molar-refractivity contribution is 0.158. The number of aliphatic hydroxyl groups excluding tert-OH is 1. The second-order valence-electron chi connectivity index (χ2n) is 4.16. The van der Waals surface area contributed by atoms with Crippen LogP contribution in [0.4, 0.5) is 0 Å². The van der Waals surface area contributed by atoms with E-state index in [0.717, 1.165) is 12.0 Å². The van der Waals surface area contributed by atoms with Crippen molar-refractivity contribution in [3.05, 3.63) is 59.7 Å². The van der Waals surface area contributed by atoms with Crippen molar-refractivity contribution in [1.82, 2.24) is 9.97 Å². The maximum atomic E-state index is 9.95. The molecule has 0 amide bonds. The van der Waals surface area contributed by atoms with E-state index in [1.165, 1.54) is 5.56 Å². The number of nitrogens with zero attached hydrogens (tertiary/aromatic N) is 2. The molecule has 0 aliphatic rings. The minimum atomic E-state index is -0.587. The van der Waals surface area contributed by atoms with E-state index in [0.29, 0.717) is 12.2 Å². The highest BCUT2D eigenvalue weighted by molar-refractivity contribution is 5.15. The molecule has 0 saturated carbocycles. The predicted molar refractivity (Wildman–Crippen MR) is 66.5 cm³/mol. The Hall–Kier alpha value is -1.74. The summed E-state index contributed by atoms with van der Waals surface area (Å²) in [5.41, 5.74) is 2.22. The lowest BCUT2D eigenvalue weighted by atomic mass is 10.1. The molecule has 0 saturated heterocycles. The normalized spacial score (nSPS) is 12.4. The fourth-order valence-electron chi connectivity index (χ4n) is 1.65. The Morgan fingerprint density at radius 1 is 1.12 bits per heavy atom. The molecule has 2 rings (SSSR count). The van der Waals surface area contributed by atoms with Crippen molar-refractivity contribution in [2.45, 2.75) is 25.9 Å². The van der Waals surface area contributed by atoms with E-state index in [9.17, 15) is 5.11 Å². The van der Waals surface area contributed by atoms with Gasteiger partial charge in [-0.2, -0.15) is 0 Å². The second-order valence-corrected chi connectivity index (χ2v) is 4.16. The number of hydrogen-bond acceptors (Lipinski definition) is 3. The van der Waals surface area contributed by atoms with Gasteiger partial charge in [0.15, 0.2) is 5.82 Å². The SMILES string of the molecule is Cc1cnc(C(O)CCc2ccccc2)nc1. The first-order valence-corrected chi connectivity index (χ1v) is 5.76. The molecule has 3 nitrogen and oxygen atoms in total. The maximum Gasteiger partial charge on any atom is 0.156 e. The molecular formula is C14H16N2O. The molecule has 1 atom stereocenters. The topological polar surface area (TPSA) is 46.0 Å². The van der Waals surface area contributed by atoms with Gasteiger partial charge in [0.1, 0.15) is 6.10 Å². The summed E-state index contributed by atoms with van der Waals surface area (Å²) in [6.07, 6.45) is 4.35. The van der Waals surface area contributed by atoms with Crippen molar-refractivity contribution >= 4 is 0 Å². The summed E-state index contributed by atoms with van der Waals surface area (Å²) < 4.78 is 0. The minimum absolute atomic E-state index is 0.506. The Balaban J connectivity index is 1.93. The zero-order chi connectivity index (χ0) is 12.1. The number of benzene rings is 1. The lowest BCUT2D eigenvalue weighted by Crippen LogP contribution is -2.05. The first kappa shape index (κ1) is 11.7. The molecule has 0 bridgehead atoms. The van der Waals surface area contributed by atoms with Crippen molar-refractivity contribution in [2.24, 2.45) is 0 Å². The van der Waals surface area contributed by atoms with Gasteiger partial charge in [-0.05, 0) is 30.9 Å². The first-order chi connectivity index (χ1) is 8.25. The number of aliphatic hydroxyl groups is 1. The third-order valence-electron chi connectivity index (χ3n) is 2.65. The van der Waals surface area contributed by atoms with Gasteiger partial charge in [-0.3, -0.25) is 0 Å². The average Bonchev–Trinajstić information content (AvgIpc) is 2.38. The molecule has 88 valence electrons. The van der Waals surface area contributed by atoms with Gasteiger partial charge >= 0.3 is 0 Å². The monoisotopic (exact) mass is 228 g/mol. The van der Waals surface area contributed by atoms with Crippen LogP contribution in [0.1, 0.15) is 29.5 Å². The van der Waals surface area contributed by atoms with Gasteiger partial charge in [0.2, 0.25) is 0 Å². The van der Waals surface area contributed by atoms with E-state index in [2.05, 4.69) is 22.1 Å². The summed E-state index contributed by atoms with van der Waals surface area (Å²) in [4.78, 5) is 8.26. The van der Waals surface area contributed by atoms with Gasteiger partial charge in [0, 0.05) is 12.4 Å². The van der Waals surface area contributed by atoms with Crippen LogP contribution in [0.15, 0.2) is 42.7 Å². The Kier molecular flexibility index (Phi) is 3.83. The van der Waals surface area contributed by atoms with Crippen molar-refractivity contribution in [3.63, 3.8) is 0 Å². The summed E-state index contributed by atoms with van der Waals surface area (Å²) in [5.74, 6) is 0.506. The van der Waals surface area contributed by atoms with E-state index in [1.807, 2.05) is 25.1 Å². The fraction of sp³-hybridized carbons (Fsp3) is 0.286. The number of hydrogen-bond donors (Lipinski definition) is 1. The van der Waals surface area contributed by atoms with Crippen molar-refractivity contribution < 1.29 is 5.11 Å². The van der Waals surface area contributed by atoms with E-state index in [4.69, 9.17) is 0 Å². The Labute approximate surface area is 101 Å². The predicted octanol–water partition coefficient (Wildman–Crippen LogP) is 2.45. The summed E-state index contributed by atoms with van der Waals surface area (Å²) >= 11 is 0. The van der Waals surface area contributed by atoms with Gasteiger partial charge in [0.05, 0.1) is 0 Å². The number of aryl methyl sites for hydroxylation is 2. The standard InChI is InChI=1S/C14H16N2O/c1-11-9-15-14(16-10-11)13(17)8-7-12-5-3-2-4-6-12/h2-6,9-10,13,17H,7-8H2,1H3. The van der Waals surface area contributed by atoms with Crippen LogP contribution in [-0.2, 0) is 6.42 Å². The quantitative estimate of drug-likeness (QED) is 0.874. The van der Waals surface area contributed by atoms with E-state index in [1.54, 1.807) is 12.4 Å². The summed E-state index contributed by atoms with van der Waals surface area (Å²) in [6.45, 7) is 1.93. The molecule has 0 aliphatic heterocycles. The first-order valence-electron chi connectivity index (χ1n) is 5.76. The van der Waals surface area contributed by atoms with Crippen LogP contribution in [0.2, 0.25) is 0 Å². The van der Waals surface area contributed by atoms with E-state index in [-0.39, 0.29) is 0 Å². The molecule has 17 heavy (non-hydrogen) atoms. The molecule has 0 fully saturated rings. The number of aromatic nitrogens is 2. The molecule has 2 aromatic rings. The molecule has 1 N–H and O–H groups in total.